The lowest BCUT2D eigenvalue weighted by Crippen LogP contribution is -2.44. The third-order valence-corrected chi connectivity index (χ3v) is 4.90. The highest BCUT2D eigenvalue weighted by molar-refractivity contribution is 6.02. The van der Waals surface area contributed by atoms with Crippen LogP contribution in [0.15, 0.2) is 42.5 Å². The van der Waals surface area contributed by atoms with Gasteiger partial charge in [-0.05, 0) is 31.0 Å². The SMILES string of the molecule is CN(C)c1ccc(C2Nc3ccccc3C(=O)N2C2CC2)cc1[N+](=O)[O-]. The van der Waals surface area contributed by atoms with Crippen molar-refractivity contribution in [2.75, 3.05) is 24.3 Å². The van der Waals surface area contributed by atoms with Gasteiger partial charge in [-0.1, -0.05) is 18.2 Å². The maximum Gasteiger partial charge on any atom is 0.292 e. The number of carbonyl (C=O) groups excluding carboxylic acids is 1. The number of hydrogen-bond donors (Lipinski definition) is 1. The zero-order valence-electron chi connectivity index (χ0n) is 14.7. The number of nitro benzene ring substituents is 1. The zero-order chi connectivity index (χ0) is 18.4. The van der Waals surface area contributed by atoms with Crippen molar-refractivity contribution in [3.63, 3.8) is 0 Å². The molecule has 0 aromatic heterocycles. The second-order valence-corrected chi connectivity index (χ2v) is 6.94. The maximum atomic E-state index is 13.0. The first-order chi connectivity index (χ1) is 12.5. The van der Waals surface area contributed by atoms with Crippen LogP contribution in [0.2, 0.25) is 0 Å². The van der Waals surface area contributed by atoms with E-state index in [1.807, 2.05) is 35.2 Å². The Morgan fingerprint density at radius 1 is 1.19 bits per heavy atom. The summed E-state index contributed by atoms with van der Waals surface area (Å²) in [5, 5.41) is 14.9. The molecule has 0 radical (unpaired) electrons. The third-order valence-electron chi connectivity index (χ3n) is 4.90. The van der Waals surface area contributed by atoms with Crippen LogP contribution in [-0.4, -0.2) is 35.9 Å². The summed E-state index contributed by atoms with van der Waals surface area (Å²) < 4.78 is 0. The predicted octanol–water partition coefficient (Wildman–Crippen LogP) is 3.39. The van der Waals surface area contributed by atoms with Crippen molar-refractivity contribution in [3.8, 4) is 0 Å². The molecule has 7 heteroatoms. The number of para-hydroxylation sites is 1. The van der Waals surface area contributed by atoms with Gasteiger partial charge in [-0.15, -0.1) is 0 Å². The Bertz CT molecular complexity index is 892. The maximum absolute atomic E-state index is 13.0. The first-order valence-electron chi connectivity index (χ1n) is 8.61. The van der Waals surface area contributed by atoms with Gasteiger partial charge in [-0.2, -0.15) is 0 Å². The fourth-order valence-electron chi connectivity index (χ4n) is 3.48. The first kappa shape index (κ1) is 16.4. The van der Waals surface area contributed by atoms with E-state index in [-0.39, 0.29) is 22.6 Å². The molecule has 1 atom stereocenters. The molecule has 26 heavy (non-hydrogen) atoms. The highest BCUT2D eigenvalue weighted by Crippen LogP contribution is 2.42. The van der Waals surface area contributed by atoms with E-state index in [4.69, 9.17) is 0 Å². The molecule has 4 rings (SSSR count). The molecule has 2 aromatic carbocycles. The number of nitrogens with zero attached hydrogens (tertiary/aromatic N) is 3. The summed E-state index contributed by atoms with van der Waals surface area (Å²) in [7, 11) is 3.55. The lowest BCUT2D eigenvalue weighted by Gasteiger charge is -2.38. The zero-order valence-corrected chi connectivity index (χ0v) is 14.7. The standard InChI is InChI=1S/C19H20N4O3/c1-21(2)16-10-7-12(11-17(16)23(25)26)18-20-15-6-4-3-5-14(15)19(24)22(18)13-8-9-13/h3-7,10-11,13,18,20H,8-9H2,1-2H3. The normalized spacial score (nSPS) is 18.9. The molecule has 7 nitrogen and oxygen atoms in total. The summed E-state index contributed by atoms with van der Waals surface area (Å²) in [6.45, 7) is 0. The van der Waals surface area contributed by atoms with Crippen LogP contribution in [0.1, 0.15) is 34.9 Å². The Labute approximate surface area is 151 Å². The predicted molar refractivity (Wildman–Crippen MR) is 99.4 cm³/mol. The molecule has 1 N–H and O–H groups in total. The number of benzene rings is 2. The van der Waals surface area contributed by atoms with Crippen molar-refractivity contribution >= 4 is 23.0 Å². The average molecular weight is 352 g/mol. The lowest BCUT2D eigenvalue weighted by atomic mass is 10.0. The van der Waals surface area contributed by atoms with Crippen LogP contribution in [0.3, 0.4) is 0 Å². The summed E-state index contributed by atoms with van der Waals surface area (Å²) in [4.78, 5) is 27.7. The average Bonchev–Trinajstić information content (AvgIpc) is 3.45. The number of fused-ring (bicyclic) bond motifs is 1. The number of rotatable bonds is 4. The minimum atomic E-state index is -0.403. The van der Waals surface area contributed by atoms with E-state index >= 15 is 0 Å². The van der Waals surface area contributed by atoms with Gasteiger partial charge in [0.15, 0.2) is 0 Å². The fourth-order valence-corrected chi connectivity index (χ4v) is 3.48. The highest BCUT2D eigenvalue weighted by atomic mass is 16.6. The van der Waals surface area contributed by atoms with Crippen LogP contribution in [0.25, 0.3) is 0 Å². The van der Waals surface area contributed by atoms with Crippen molar-refractivity contribution in [1.82, 2.24) is 4.90 Å². The van der Waals surface area contributed by atoms with Gasteiger partial charge in [0.05, 0.1) is 10.5 Å². The number of nitro groups is 1. The summed E-state index contributed by atoms with van der Waals surface area (Å²) >= 11 is 0. The molecule has 2 aromatic rings. The van der Waals surface area contributed by atoms with Crippen molar-refractivity contribution in [2.24, 2.45) is 0 Å². The van der Waals surface area contributed by atoms with Gasteiger partial charge in [0, 0.05) is 37.5 Å². The van der Waals surface area contributed by atoms with Gasteiger partial charge in [-0.25, -0.2) is 0 Å². The fraction of sp³-hybridized carbons (Fsp3) is 0.316. The van der Waals surface area contributed by atoms with E-state index < -0.39 is 6.17 Å². The highest BCUT2D eigenvalue weighted by Gasteiger charge is 2.42. The second kappa shape index (κ2) is 6.01. The molecular weight excluding hydrogens is 332 g/mol. The van der Waals surface area contributed by atoms with E-state index in [1.54, 1.807) is 31.1 Å². The van der Waals surface area contributed by atoms with Gasteiger partial charge in [0.1, 0.15) is 11.9 Å². The van der Waals surface area contributed by atoms with Crippen molar-refractivity contribution < 1.29 is 9.72 Å². The van der Waals surface area contributed by atoms with Crippen LogP contribution in [0.4, 0.5) is 17.1 Å². The first-order valence-corrected chi connectivity index (χ1v) is 8.61. The molecule has 0 bridgehead atoms. The molecule has 0 spiro atoms. The Morgan fingerprint density at radius 3 is 2.58 bits per heavy atom. The summed E-state index contributed by atoms with van der Waals surface area (Å²) in [6.07, 6.45) is 1.52. The molecule has 1 amide bonds. The van der Waals surface area contributed by atoms with E-state index in [0.29, 0.717) is 11.3 Å². The molecule has 1 aliphatic heterocycles. The molecule has 1 aliphatic carbocycles. The molecular formula is C19H20N4O3. The Hall–Kier alpha value is -3.09. The quantitative estimate of drug-likeness (QED) is 0.674. The topological polar surface area (TPSA) is 78.7 Å². The Balaban J connectivity index is 1.80. The van der Waals surface area contributed by atoms with Gasteiger partial charge >= 0.3 is 0 Å². The van der Waals surface area contributed by atoms with Gasteiger partial charge in [-0.3, -0.25) is 14.9 Å². The van der Waals surface area contributed by atoms with Gasteiger partial charge < -0.3 is 15.1 Å². The number of nitrogens with one attached hydrogen (secondary N) is 1. The largest absolute Gasteiger partial charge is 0.372 e. The van der Waals surface area contributed by atoms with Crippen LogP contribution < -0.4 is 10.2 Å². The van der Waals surface area contributed by atoms with Crippen LogP contribution in [0.5, 0.6) is 0 Å². The van der Waals surface area contributed by atoms with Crippen LogP contribution in [-0.2, 0) is 0 Å². The van der Waals surface area contributed by atoms with E-state index in [1.165, 1.54) is 0 Å². The van der Waals surface area contributed by atoms with Crippen LogP contribution >= 0.6 is 0 Å². The number of amides is 1. The molecule has 1 unspecified atom stereocenters. The number of carbonyl (C=O) groups is 1. The second-order valence-electron chi connectivity index (χ2n) is 6.94. The molecule has 0 saturated heterocycles. The van der Waals surface area contributed by atoms with Crippen molar-refractivity contribution in [1.29, 1.82) is 0 Å². The summed E-state index contributed by atoms with van der Waals surface area (Å²) in [6, 6.07) is 12.8. The number of hydrogen-bond acceptors (Lipinski definition) is 5. The van der Waals surface area contributed by atoms with Crippen molar-refractivity contribution in [2.45, 2.75) is 25.0 Å². The molecule has 1 fully saturated rings. The minimum absolute atomic E-state index is 0.0220. The lowest BCUT2D eigenvalue weighted by molar-refractivity contribution is -0.384. The van der Waals surface area contributed by atoms with Gasteiger partial charge in [0.2, 0.25) is 0 Å². The monoisotopic (exact) mass is 352 g/mol. The van der Waals surface area contributed by atoms with Crippen molar-refractivity contribution in [3.05, 3.63) is 63.7 Å². The van der Waals surface area contributed by atoms with Crippen LogP contribution in [0, 0.1) is 10.1 Å². The minimum Gasteiger partial charge on any atom is -0.372 e. The molecule has 134 valence electrons. The smallest absolute Gasteiger partial charge is 0.292 e. The van der Waals surface area contributed by atoms with Gasteiger partial charge in [0.25, 0.3) is 11.6 Å². The third kappa shape index (κ3) is 2.65. The molecule has 1 saturated carbocycles. The Morgan fingerprint density at radius 2 is 1.92 bits per heavy atom. The molecule has 1 heterocycles. The van der Waals surface area contributed by atoms with E-state index in [2.05, 4.69) is 5.32 Å². The van der Waals surface area contributed by atoms with E-state index in [9.17, 15) is 14.9 Å². The summed E-state index contributed by atoms with van der Waals surface area (Å²) in [5.41, 5.74) is 2.71. The molecule has 2 aliphatic rings. The summed E-state index contributed by atoms with van der Waals surface area (Å²) in [5.74, 6) is -0.0220. The number of anilines is 2. The Kier molecular flexibility index (Phi) is 3.79. The van der Waals surface area contributed by atoms with E-state index in [0.717, 1.165) is 24.1 Å².